The van der Waals surface area contributed by atoms with Crippen molar-refractivity contribution < 1.29 is 22.8 Å². The summed E-state index contributed by atoms with van der Waals surface area (Å²) in [5.41, 5.74) is 2.12. The van der Waals surface area contributed by atoms with Crippen LogP contribution in [0.3, 0.4) is 0 Å². The molecule has 35 heavy (non-hydrogen) atoms. The number of hydrogen-bond donors (Lipinski definition) is 0. The molecule has 5 aromatic heterocycles. The summed E-state index contributed by atoms with van der Waals surface area (Å²) in [6.07, 6.45) is 4.59. The number of benzene rings is 1. The fraction of sp³-hybridized carbons (Fsp3) is 0.0800. The molecule has 1 aliphatic rings. The molecule has 6 heterocycles. The van der Waals surface area contributed by atoms with Crippen molar-refractivity contribution in [2.24, 2.45) is 0 Å². The Bertz CT molecular complexity index is 1730. The van der Waals surface area contributed by atoms with Crippen molar-refractivity contribution in [1.82, 2.24) is 24.5 Å². The van der Waals surface area contributed by atoms with Crippen LogP contribution in [0.4, 0.5) is 0 Å². The average Bonchev–Trinajstić information content (AvgIpc) is 3.68. The minimum Gasteiger partial charge on any atom is -0.464 e. The molecule has 0 fully saturated rings. The van der Waals surface area contributed by atoms with Crippen LogP contribution in [0.5, 0.6) is 0 Å². The molecule has 6 aromatic rings. The first-order valence-electron chi connectivity index (χ1n) is 10.8. The number of fused-ring (bicyclic) bond motifs is 4. The molecule has 1 aromatic carbocycles. The molecule has 0 saturated carbocycles. The first-order chi connectivity index (χ1) is 17.1. The Kier molecular flexibility index (Phi) is 3.90. The predicted octanol–water partition coefficient (Wildman–Crippen LogP) is 4.75. The molecule has 1 atom stereocenters. The topological polar surface area (TPSA) is 120 Å². The first kappa shape index (κ1) is 19.5. The Morgan fingerprint density at radius 1 is 0.886 bits per heavy atom. The summed E-state index contributed by atoms with van der Waals surface area (Å²) in [6.45, 7) is 1.72. The maximum absolute atomic E-state index is 13.0. The van der Waals surface area contributed by atoms with Gasteiger partial charge in [-0.1, -0.05) is 12.1 Å². The number of amides is 2. The van der Waals surface area contributed by atoms with E-state index in [2.05, 4.69) is 10.1 Å². The fourth-order valence-corrected chi connectivity index (χ4v) is 4.50. The van der Waals surface area contributed by atoms with Gasteiger partial charge in [0.15, 0.2) is 23.0 Å². The Morgan fingerprint density at radius 2 is 1.57 bits per heavy atom. The third kappa shape index (κ3) is 2.67. The van der Waals surface area contributed by atoms with Gasteiger partial charge in [-0.3, -0.25) is 14.5 Å². The van der Waals surface area contributed by atoms with Crippen molar-refractivity contribution in [2.75, 3.05) is 0 Å². The number of imide groups is 1. The maximum atomic E-state index is 13.0. The van der Waals surface area contributed by atoms with E-state index in [-0.39, 0.29) is 11.8 Å². The Hall–Kier alpha value is -4.99. The van der Waals surface area contributed by atoms with Gasteiger partial charge >= 0.3 is 0 Å². The summed E-state index contributed by atoms with van der Waals surface area (Å²) >= 11 is 0. The highest BCUT2D eigenvalue weighted by atomic mass is 16.4. The van der Waals surface area contributed by atoms with Crippen LogP contribution in [0, 0.1) is 0 Å². The summed E-state index contributed by atoms with van der Waals surface area (Å²) in [6, 6.07) is 13.2. The second kappa shape index (κ2) is 7.00. The van der Waals surface area contributed by atoms with Crippen molar-refractivity contribution in [3.63, 3.8) is 0 Å². The summed E-state index contributed by atoms with van der Waals surface area (Å²) in [5.74, 6) is 1.04. The number of hydrogen-bond acceptors (Lipinski definition) is 8. The van der Waals surface area contributed by atoms with Gasteiger partial charge < -0.3 is 13.3 Å². The SMILES string of the molecule is CC(c1nc2c3c(-c4ccco4)c(-c4ccco4)oc3ncn2n1)N1C(=O)c2ccccc2C1=O. The highest BCUT2D eigenvalue weighted by Crippen LogP contribution is 2.42. The Morgan fingerprint density at radius 3 is 2.23 bits per heavy atom. The molecule has 0 radical (unpaired) electrons. The summed E-state index contributed by atoms with van der Waals surface area (Å²) < 4.78 is 18.8. The third-order valence-electron chi connectivity index (χ3n) is 6.14. The zero-order valence-electron chi connectivity index (χ0n) is 18.2. The van der Waals surface area contributed by atoms with Crippen LogP contribution in [0.1, 0.15) is 39.5 Å². The molecule has 0 N–H and O–H groups in total. The van der Waals surface area contributed by atoms with E-state index in [4.69, 9.17) is 18.2 Å². The third-order valence-corrected chi connectivity index (χ3v) is 6.14. The van der Waals surface area contributed by atoms with E-state index >= 15 is 0 Å². The number of carbonyl (C=O) groups excluding carboxylic acids is 2. The summed E-state index contributed by atoms with van der Waals surface area (Å²) in [5, 5.41) is 5.11. The van der Waals surface area contributed by atoms with E-state index < -0.39 is 6.04 Å². The maximum Gasteiger partial charge on any atom is 0.262 e. The molecule has 7 rings (SSSR count). The van der Waals surface area contributed by atoms with Crippen LogP contribution < -0.4 is 0 Å². The molecule has 10 heteroatoms. The largest absolute Gasteiger partial charge is 0.464 e. The summed E-state index contributed by atoms with van der Waals surface area (Å²) in [7, 11) is 0. The molecule has 10 nitrogen and oxygen atoms in total. The van der Waals surface area contributed by atoms with Crippen LogP contribution >= 0.6 is 0 Å². The van der Waals surface area contributed by atoms with Gasteiger partial charge in [-0.2, -0.15) is 0 Å². The smallest absolute Gasteiger partial charge is 0.262 e. The molecule has 2 amide bonds. The van der Waals surface area contributed by atoms with Gasteiger partial charge in [-0.15, -0.1) is 5.10 Å². The standard InChI is InChI=1S/C25H15N5O5/c1-13(30-24(31)14-6-2-3-7-15(14)25(30)32)21-27-22-19-18(16-8-4-10-33-16)20(17-9-5-11-34-17)35-23(19)26-12-29(22)28-21/h2-13H,1H3. The lowest BCUT2D eigenvalue weighted by molar-refractivity contribution is 0.0589. The minimum atomic E-state index is -0.708. The second-order valence-electron chi connectivity index (χ2n) is 8.13. The molecule has 0 aliphatic carbocycles. The van der Waals surface area contributed by atoms with E-state index in [9.17, 15) is 9.59 Å². The number of furan rings is 3. The molecular weight excluding hydrogens is 450 g/mol. The quantitative estimate of drug-likeness (QED) is 0.342. The lowest BCUT2D eigenvalue weighted by Crippen LogP contribution is -2.33. The van der Waals surface area contributed by atoms with Gasteiger partial charge in [-0.05, 0) is 43.3 Å². The van der Waals surface area contributed by atoms with Crippen LogP contribution in [0.2, 0.25) is 0 Å². The van der Waals surface area contributed by atoms with Crippen LogP contribution in [-0.2, 0) is 0 Å². The zero-order chi connectivity index (χ0) is 23.7. The normalized spacial score (nSPS) is 14.4. The summed E-state index contributed by atoms with van der Waals surface area (Å²) in [4.78, 5) is 36.3. The van der Waals surface area contributed by atoms with E-state index in [0.29, 0.717) is 56.5 Å². The van der Waals surface area contributed by atoms with E-state index in [1.807, 2.05) is 0 Å². The monoisotopic (exact) mass is 465 g/mol. The van der Waals surface area contributed by atoms with Gasteiger partial charge in [0.25, 0.3) is 11.8 Å². The fourth-order valence-electron chi connectivity index (χ4n) is 4.50. The van der Waals surface area contributed by atoms with Crippen molar-refractivity contribution in [3.05, 3.63) is 84.3 Å². The molecule has 1 aliphatic heterocycles. The van der Waals surface area contributed by atoms with Crippen molar-refractivity contribution in [2.45, 2.75) is 13.0 Å². The Labute approximate surface area is 196 Å². The molecule has 0 spiro atoms. The highest BCUT2D eigenvalue weighted by molar-refractivity contribution is 6.21. The van der Waals surface area contributed by atoms with Crippen LogP contribution in [0.15, 0.2) is 80.6 Å². The van der Waals surface area contributed by atoms with Gasteiger partial charge in [0.1, 0.15) is 12.1 Å². The lowest BCUT2D eigenvalue weighted by Gasteiger charge is -2.19. The number of carbonyl (C=O) groups is 2. The van der Waals surface area contributed by atoms with Gasteiger partial charge in [0.2, 0.25) is 5.71 Å². The molecule has 1 unspecified atom stereocenters. The number of nitrogens with zero attached hydrogens (tertiary/aromatic N) is 5. The highest BCUT2D eigenvalue weighted by Gasteiger charge is 2.40. The van der Waals surface area contributed by atoms with Crippen molar-refractivity contribution >= 4 is 28.6 Å². The number of rotatable bonds is 4. The van der Waals surface area contributed by atoms with Gasteiger partial charge in [0, 0.05) is 0 Å². The van der Waals surface area contributed by atoms with Crippen molar-refractivity contribution in [3.8, 4) is 22.8 Å². The first-order valence-corrected chi connectivity index (χ1v) is 10.8. The molecule has 170 valence electrons. The second-order valence-corrected chi connectivity index (χ2v) is 8.13. The molecule has 0 bridgehead atoms. The van der Waals surface area contributed by atoms with Crippen LogP contribution in [0.25, 0.3) is 39.6 Å². The zero-order valence-corrected chi connectivity index (χ0v) is 18.2. The van der Waals surface area contributed by atoms with E-state index in [1.54, 1.807) is 68.0 Å². The minimum absolute atomic E-state index is 0.292. The molecule has 0 saturated heterocycles. The van der Waals surface area contributed by atoms with E-state index in [0.717, 1.165) is 0 Å². The lowest BCUT2D eigenvalue weighted by atomic mass is 10.1. The number of aromatic nitrogens is 4. The van der Waals surface area contributed by atoms with Gasteiger partial charge in [-0.25, -0.2) is 14.5 Å². The predicted molar refractivity (Wildman–Crippen MR) is 121 cm³/mol. The van der Waals surface area contributed by atoms with Crippen LogP contribution in [-0.4, -0.2) is 36.3 Å². The van der Waals surface area contributed by atoms with Gasteiger partial charge in [0.05, 0.1) is 40.6 Å². The van der Waals surface area contributed by atoms with E-state index in [1.165, 1.54) is 15.7 Å². The van der Waals surface area contributed by atoms with Crippen molar-refractivity contribution in [1.29, 1.82) is 0 Å². The average molecular weight is 465 g/mol. The Balaban J connectivity index is 1.41. The molecular formula is C25H15N5O5.